The molecule has 0 saturated carbocycles. The first-order valence-electron chi connectivity index (χ1n) is 3.10. The van der Waals surface area contributed by atoms with E-state index in [9.17, 15) is 13.2 Å². The number of rotatable bonds is 3. The van der Waals surface area contributed by atoms with Crippen molar-refractivity contribution in [1.82, 2.24) is 0 Å². The molecule has 4 heteroatoms. The average Bonchev–Trinajstić information content (AvgIpc) is 1.82. The molecule has 0 aliphatic rings. The Hall–Kier alpha value is -1.19. The van der Waals surface area contributed by atoms with Crippen LogP contribution in [0.2, 0.25) is 0 Å². The van der Waals surface area contributed by atoms with Gasteiger partial charge in [0.25, 0.3) is 0 Å². The molecular formula is C8H9F3O. The molecule has 0 fully saturated rings. The van der Waals surface area contributed by atoms with E-state index >= 15 is 0 Å². The lowest BCUT2D eigenvalue weighted by molar-refractivity contribution is -0.303. The van der Waals surface area contributed by atoms with E-state index in [0.717, 1.165) is 6.08 Å². The third kappa shape index (κ3) is 5.58. The lowest BCUT2D eigenvalue weighted by Crippen LogP contribution is -2.11. The van der Waals surface area contributed by atoms with Gasteiger partial charge in [0, 0.05) is 0 Å². The molecule has 0 aliphatic heterocycles. The summed E-state index contributed by atoms with van der Waals surface area (Å²) in [6, 6.07) is 0. The van der Waals surface area contributed by atoms with E-state index in [1.54, 1.807) is 6.92 Å². The molecule has 12 heavy (non-hydrogen) atoms. The van der Waals surface area contributed by atoms with Gasteiger partial charge in [-0.25, -0.2) is 0 Å². The van der Waals surface area contributed by atoms with Crippen molar-refractivity contribution in [2.75, 3.05) is 0 Å². The molecule has 0 bridgehead atoms. The SMILES string of the molecule is C=C/C(C)=C\C(=C)OC(F)(F)F. The van der Waals surface area contributed by atoms with Crippen LogP contribution in [0, 0.1) is 0 Å². The Balaban J connectivity index is 4.16. The Labute approximate surface area is 68.8 Å². The minimum Gasteiger partial charge on any atom is -0.406 e. The first-order valence-corrected chi connectivity index (χ1v) is 3.10. The molecule has 0 unspecified atom stereocenters. The van der Waals surface area contributed by atoms with E-state index < -0.39 is 12.1 Å². The molecule has 0 aromatic rings. The highest BCUT2D eigenvalue weighted by atomic mass is 19.4. The van der Waals surface area contributed by atoms with Crippen LogP contribution in [0.3, 0.4) is 0 Å². The molecule has 0 spiro atoms. The molecule has 1 nitrogen and oxygen atoms in total. The lowest BCUT2D eigenvalue weighted by atomic mass is 10.3. The van der Waals surface area contributed by atoms with Gasteiger partial charge in [-0.2, -0.15) is 0 Å². The third-order valence-corrected chi connectivity index (χ3v) is 0.957. The fraction of sp³-hybridized carbons (Fsp3) is 0.250. The van der Waals surface area contributed by atoms with E-state index in [0.29, 0.717) is 5.57 Å². The molecule has 0 heterocycles. The van der Waals surface area contributed by atoms with Gasteiger partial charge in [-0.3, -0.25) is 0 Å². The number of alkyl halides is 3. The van der Waals surface area contributed by atoms with Crippen LogP contribution in [-0.4, -0.2) is 6.36 Å². The minimum atomic E-state index is -4.67. The summed E-state index contributed by atoms with van der Waals surface area (Å²) in [5.74, 6) is -0.445. The van der Waals surface area contributed by atoms with E-state index in [2.05, 4.69) is 17.9 Å². The molecule has 0 atom stereocenters. The smallest absolute Gasteiger partial charge is 0.406 e. The summed E-state index contributed by atoms with van der Waals surface area (Å²) >= 11 is 0. The zero-order valence-electron chi connectivity index (χ0n) is 6.61. The van der Waals surface area contributed by atoms with Gasteiger partial charge in [-0.15, -0.1) is 13.2 Å². The normalized spacial score (nSPS) is 12.5. The second-order valence-corrected chi connectivity index (χ2v) is 2.11. The van der Waals surface area contributed by atoms with Crippen LogP contribution in [-0.2, 0) is 4.74 Å². The molecule has 0 aromatic heterocycles. The summed E-state index contributed by atoms with van der Waals surface area (Å²) in [5, 5.41) is 0. The van der Waals surface area contributed by atoms with Crippen molar-refractivity contribution in [2.45, 2.75) is 13.3 Å². The maximum atomic E-state index is 11.5. The summed E-state index contributed by atoms with van der Waals surface area (Å²) in [6.45, 7) is 8.02. The van der Waals surface area contributed by atoms with Crippen molar-refractivity contribution in [3.05, 3.63) is 36.6 Å². The Kier molecular flexibility index (Phi) is 3.60. The van der Waals surface area contributed by atoms with Gasteiger partial charge in [0.15, 0.2) is 0 Å². The molecule has 0 rings (SSSR count). The highest BCUT2D eigenvalue weighted by Crippen LogP contribution is 2.20. The Bertz CT molecular complexity index is 213. The van der Waals surface area contributed by atoms with E-state index in [-0.39, 0.29) is 0 Å². The number of allylic oxidation sites excluding steroid dienone is 3. The highest BCUT2D eigenvalue weighted by molar-refractivity contribution is 5.22. The summed E-state index contributed by atoms with van der Waals surface area (Å²) in [4.78, 5) is 0. The van der Waals surface area contributed by atoms with Crippen LogP contribution in [0.15, 0.2) is 36.6 Å². The second kappa shape index (κ2) is 3.99. The van der Waals surface area contributed by atoms with Gasteiger partial charge < -0.3 is 4.74 Å². The average molecular weight is 178 g/mol. The van der Waals surface area contributed by atoms with Crippen LogP contribution in [0.4, 0.5) is 13.2 Å². The molecule has 0 N–H and O–H groups in total. The van der Waals surface area contributed by atoms with Gasteiger partial charge in [-0.1, -0.05) is 19.2 Å². The fourth-order valence-corrected chi connectivity index (χ4v) is 0.491. The molecule has 0 aliphatic carbocycles. The predicted octanol–water partition coefficient (Wildman–Crippen LogP) is 3.17. The Morgan fingerprint density at radius 2 is 1.92 bits per heavy atom. The summed E-state index contributed by atoms with van der Waals surface area (Å²) in [5.41, 5.74) is 0.559. The van der Waals surface area contributed by atoms with Crippen molar-refractivity contribution in [3.8, 4) is 0 Å². The van der Waals surface area contributed by atoms with E-state index in [4.69, 9.17) is 0 Å². The van der Waals surface area contributed by atoms with Crippen molar-refractivity contribution in [2.24, 2.45) is 0 Å². The van der Waals surface area contributed by atoms with Crippen LogP contribution in [0.5, 0.6) is 0 Å². The van der Waals surface area contributed by atoms with Gasteiger partial charge in [-0.05, 0) is 18.6 Å². The Morgan fingerprint density at radius 1 is 1.42 bits per heavy atom. The van der Waals surface area contributed by atoms with E-state index in [1.807, 2.05) is 0 Å². The molecule has 0 saturated heterocycles. The molecule has 0 aromatic carbocycles. The van der Waals surface area contributed by atoms with Crippen molar-refractivity contribution < 1.29 is 17.9 Å². The maximum Gasteiger partial charge on any atom is 0.573 e. The summed E-state index contributed by atoms with van der Waals surface area (Å²) < 4.78 is 38.1. The number of halogens is 3. The first kappa shape index (κ1) is 10.8. The number of hydrogen-bond donors (Lipinski definition) is 0. The number of hydrogen-bond acceptors (Lipinski definition) is 1. The van der Waals surface area contributed by atoms with Crippen LogP contribution < -0.4 is 0 Å². The van der Waals surface area contributed by atoms with Crippen LogP contribution in [0.25, 0.3) is 0 Å². The minimum absolute atomic E-state index is 0.445. The molecular weight excluding hydrogens is 169 g/mol. The van der Waals surface area contributed by atoms with Crippen molar-refractivity contribution in [3.63, 3.8) is 0 Å². The van der Waals surface area contributed by atoms with Crippen molar-refractivity contribution >= 4 is 0 Å². The van der Waals surface area contributed by atoms with Gasteiger partial charge in [0.1, 0.15) is 5.76 Å². The van der Waals surface area contributed by atoms with E-state index in [1.165, 1.54) is 6.08 Å². The van der Waals surface area contributed by atoms with Crippen LogP contribution in [0.1, 0.15) is 6.92 Å². The molecule has 0 amide bonds. The lowest BCUT2D eigenvalue weighted by Gasteiger charge is -2.08. The predicted molar refractivity (Wildman–Crippen MR) is 40.2 cm³/mol. The maximum absolute atomic E-state index is 11.5. The van der Waals surface area contributed by atoms with Crippen LogP contribution >= 0.6 is 0 Å². The summed E-state index contributed by atoms with van der Waals surface area (Å²) in [6.07, 6.45) is -2.11. The topological polar surface area (TPSA) is 9.23 Å². The number of ether oxygens (including phenoxy) is 1. The first-order chi connectivity index (χ1) is 5.35. The largest absolute Gasteiger partial charge is 0.573 e. The van der Waals surface area contributed by atoms with Crippen molar-refractivity contribution in [1.29, 1.82) is 0 Å². The van der Waals surface area contributed by atoms with Gasteiger partial charge in [0.05, 0.1) is 0 Å². The highest BCUT2D eigenvalue weighted by Gasteiger charge is 2.30. The fourth-order valence-electron chi connectivity index (χ4n) is 0.491. The third-order valence-electron chi connectivity index (χ3n) is 0.957. The quantitative estimate of drug-likeness (QED) is 0.476. The van der Waals surface area contributed by atoms with Gasteiger partial charge in [0.2, 0.25) is 0 Å². The van der Waals surface area contributed by atoms with Gasteiger partial charge >= 0.3 is 6.36 Å². The summed E-state index contributed by atoms with van der Waals surface area (Å²) in [7, 11) is 0. The zero-order valence-corrected chi connectivity index (χ0v) is 6.61. The zero-order chi connectivity index (χ0) is 9.78. The standard InChI is InChI=1S/C8H9F3O/c1-4-6(2)5-7(3)12-8(9,10)11/h4-5H,1,3H2,2H3/b6-5-. The monoisotopic (exact) mass is 178 g/mol. The molecule has 68 valence electrons. The molecule has 0 radical (unpaired) electrons. The second-order valence-electron chi connectivity index (χ2n) is 2.11. The Morgan fingerprint density at radius 3 is 2.25 bits per heavy atom.